The van der Waals surface area contributed by atoms with Crippen LogP contribution in [0.3, 0.4) is 0 Å². The van der Waals surface area contributed by atoms with Crippen molar-refractivity contribution < 1.29 is 0 Å². The molecule has 1 aliphatic carbocycles. The summed E-state index contributed by atoms with van der Waals surface area (Å²) in [6.07, 6.45) is 5.48. The van der Waals surface area contributed by atoms with E-state index in [-0.39, 0.29) is 0 Å². The Morgan fingerprint density at radius 2 is 2.20 bits per heavy atom. The molecule has 1 heterocycles. The second-order valence-corrected chi connectivity index (χ2v) is 6.33. The Morgan fingerprint density at radius 3 is 2.80 bits per heavy atom. The Morgan fingerprint density at radius 1 is 1.35 bits per heavy atom. The monoisotopic (exact) mass is 271 g/mol. The number of aromatic nitrogens is 4. The highest BCUT2D eigenvalue weighted by molar-refractivity contribution is 5.54. The molecule has 1 fully saturated rings. The number of benzene rings is 1. The molecule has 0 aliphatic heterocycles. The van der Waals surface area contributed by atoms with E-state index in [1.165, 1.54) is 24.9 Å². The molecular weight excluding hydrogens is 250 g/mol. The first-order chi connectivity index (χ1) is 9.56. The van der Waals surface area contributed by atoms with Gasteiger partial charge in [-0.15, -0.1) is 5.10 Å². The first-order valence-electron chi connectivity index (χ1n) is 7.17. The molecular formula is C15H21N5. The Kier molecular flexibility index (Phi) is 3.20. The molecule has 5 heteroatoms. The normalized spacial score (nSPS) is 21.1. The predicted octanol–water partition coefficient (Wildman–Crippen LogP) is 2.96. The van der Waals surface area contributed by atoms with Crippen molar-refractivity contribution in [1.82, 2.24) is 20.2 Å². The standard InChI is InChI=1S/C15H21N5/c1-11-9-12(17-14-5-4-8-15(14,2)3)6-7-13(11)20-10-16-18-19-20/h6-7,9-10,14,17H,4-5,8H2,1-3H3. The highest BCUT2D eigenvalue weighted by Crippen LogP contribution is 2.39. The summed E-state index contributed by atoms with van der Waals surface area (Å²) in [7, 11) is 0. The van der Waals surface area contributed by atoms with Crippen molar-refractivity contribution in [3.8, 4) is 5.69 Å². The molecule has 1 aromatic carbocycles. The van der Waals surface area contributed by atoms with Crippen LogP contribution < -0.4 is 5.32 Å². The molecule has 3 rings (SSSR count). The number of hydrogen-bond acceptors (Lipinski definition) is 4. The van der Waals surface area contributed by atoms with Crippen molar-refractivity contribution in [1.29, 1.82) is 0 Å². The fourth-order valence-corrected chi connectivity index (χ4v) is 3.07. The summed E-state index contributed by atoms with van der Waals surface area (Å²) in [6, 6.07) is 6.90. The average Bonchev–Trinajstić information content (AvgIpc) is 3.01. The maximum atomic E-state index is 3.94. The van der Waals surface area contributed by atoms with Gasteiger partial charge in [-0.2, -0.15) is 0 Å². The average molecular weight is 271 g/mol. The van der Waals surface area contributed by atoms with E-state index < -0.39 is 0 Å². The van der Waals surface area contributed by atoms with Gasteiger partial charge in [-0.05, 0) is 59.4 Å². The van der Waals surface area contributed by atoms with Crippen molar-refractivity contribution >= 4 is 5.69 Å². The number of rotatable bonds is 3. The van der Waals surface area contributed by atoms with Crippen molar-refractivity contribution in [3.05, 3.63) is 30.1 Å². The molecule has 0 bridgehead atoms. The van der Waals surface area contributed by atoms with Crippen LogP contribution >= 0.6 is 0 Å². The lowest BCUT2D eigenvalue weighted by atomic mass is 9.87. The summed E-state index contributed by atoms with van der Waals surface area (Å²) in [5.41, 5.74) is 3.74. The van der Waals surface area contributed by atoms with Crippen molar-refractivity contribution in [2.75, 3.05) is 5.32 Å². The van der Waals surface area contributed by atoms with E-state index in [0.717, 1.165) is 11.3 Å². The highest BCUT2D eigenvalue weighted by Gasteiger charge is 2.34. The first kappa shape index (κ1) is 13.1. The van der Waals surface area contributed by atoms with Crippen LogP contribution in [0.25, 0.3) is 5.69 Å². The van der Waals surface area contributed by atoms with Gasteiger partial charge in [0.1, 0.15) is 6.33 Å². The SMILES string of the molecule is Cc1cc(NC2CCCC2(C)C)ccc1-n1cnnn1. The largest absolute Gasteiger partial charge is 0.382 e. The van der Waals surface area contributed by atoms with Gasteiger partial charge < -0.3 is 5.32 Å². The van der Waals surface area contributed by atoms with Gasteiger partial charge in [-0.1, -0.05) is 20.3 Å². The lowest BCUT2D eigenvalue weighted by Gasteiger charge is -2.29. The summed E-state index contributed by atoms with van der Waals surface area (Å²) in [6.45, 7) is 6.78. The number of anilines is 1. The predicted molar refractivity (Wildman–Crippen MR) is 78.9 cm³/mol. The van der Waals surface area contributed by atoms with E-state index in [1.54, 1.807) is 11.0 Å². The molecule has 1 saturated carbocycles. The van der Waals surface area contributed by atoms with Gasteiger partial charge in [-0.25, -0.2) is 4.68 Å². The van der Waals surface area contributed by atoms with E-state index in [4.69, 9.17) is 0 Å². The van der Waals surface area contributed by atoms with Crippen LogP contribution in [0.2, 0.25) is 0 Å². The molecule has 1 aliphatic rings. The summed E-state index contributed by atoms with van der Waals surface area (Å²) >= 11 is 0. The van der Waals surface area contributed by atoms with Crippen LogP contribution in [0.5, 0.6) is 0 Å². The molecule has 5 nitrogen and oxygen atoms in total. The number of nitrogens with zero attached hydrogens (tertiary/aromatic N) is 4. The van der Waals surface area contributed by atoms with E-state index in [0.29, 0.717) is 11.5 Å². The van der Waals surface area contributed by atoms with Crippen LogP contribution in [-0.2, 0) is 0 Å². The second kappa shape index (κ2) is 4.89. The lowest BCUT2D eigenvalue weighted by Crippen LogP contribution is -2.30. The van der Waals surface area contributed by atoms with Crippen molar-refractivity contribution in [3.63, 3.8) is 0 Å². The maximum absolute atomic E-state index is 3.94. The Labute approximate surface area is 119 Å². The lowest BCUT2D eigenvalue weighted by molar-refractivity contribution is 0.350. The highest BCUT2D eigenvalue weighted by atomic mass is 15.5. The van der Waals surface area contributed by atoms with Crippen molar-refractivity contribution in [2.45, 2.75) is 46.1 Å². The van der Waals surface area contributed by atoms with Gasteiger partial charge in [-0.3, -0.25) is 0 Å². The molecule has 1 unspecified atom stereocenters. The molecule has 0 spiro atoms. The second-order valence-electron chi connectivity index (χ2n) is 6.33. The van der Waals surface area contributed by atoms with E-state index in [2.05, 4.69) is 59.8 Å². The Bertz CT molecular complexity index is 588. The third kappa shape index (κ3) is 2.40. The van der Waals surface area contributed by atoms with Gasteiger partial charge in [0.15, 0.2) is 0 Å². The molecule has 2 aromatic rings. The summed E-state index contributed by atoms with van der Waals surface area (Å²) in [4.78, 5) is 0. The molecule has 0 saturated heterocycles. The van der Waals surface area contributed by atoms with E-state index >= 15 is 0 Å². The molecule has 1 atom stereocenters. The Hall–Kier alpha value is -1.91. The zero-order valence-corrected chi connectivity index (χ0v) is 12.3. The van der Waals surface area contributed by atoms with Gasteiger partial charge in [0.05, 0.1) is 5.69 Å². The zero-order chi connectivity index (χ0) is 14.2. The van der Waals surface area contributed by atoms with Crippen LogP contribution in [0.15, 0.2) is 24.5 Å². The third-order valence-electron chi connectivity index (χ3n) is 4.39. The van der Waals surface area contributed by atoms with Crippen LogP contribution in [0.4, 0.5) is 5.69 Å². The van der Waals surface area contributed by atoms with Gasteiger partial charge >= 0.3 is 0 Å². The fourth-order valence-electron chi connectivity index (χ4n) is 3.07. The molecule has 1 aromatic heterocycles. The van der Waals surface area contributed by atoms with Gasteiger partial charge in [0, 0.05) is 11.7 Å². The summed E-state index contributed by atoms with van der Waals surface area (Å²) in [5, 5.41) is 15.0. The molecule has 0 radical (unpaired) electrons. The first-order valence-corrected chi connectivity index (χ1v) is 7.17. The summed E-state index contributed by atoms with van der Waals surface area (Å²) in [5.74, 6) is 0. The Balaban J connectivity index is 1.81. The number of hydrogen-bond donors (Lipinski definition) is 1. The number of tetrazole rings is 1. The van der Waals surface area contributed by atoms with Crippen LogP contribution in [0, 0.1) is 12.3 Å². The van der Waals surface area contributed by atoms with Crippen molar-refractivity contribution in [2.24, 2.45) is 5.41 Å². The molecule has 0 amide bonds. The minimum Gasteiger partial charge on any atom is -0.382 e. The number of aryl methyl sites for hydroxylation is 1. The minimum absolute atomic E-state index is 0.377. The molecule has 1 N–H and O–H groups in total. The number of nitrogens with one attached hydrogen (secondary N) is 1. The van der Waals surface area contributed by atoms with Crippen LogP contribution in [-0.4, -0.2) is 26.2 Å². The van der Waals surface area contributed by atoms with Crippen LogP contribution in [0.1, 0.15) is 38.7 Å². The third-order valence-corrected chi connectivity index (χ3v) is 4.39. The molecule has 106 valence electrons. The van der Waals surface area contributed by atoms with Gasteiger partial charge in [0.2, 0.25) is 0 Å². The van der Waals surface area contributed by atoms with E-state index in [9.17, 15) is 0 Å². The smallest absolute Gasteiger partial charge is 0.143 e. The maximum Gasteiger partial charge on any atom is 0.143 e. The minimum atomic E-state index is 0.377. The fraction of sp³-hybridized carbons (Fsp3) is 0.533. The summed E-state index contributed by atoms with van der Waals surface area (Å²) < 4.78 is 1.69. The quantitative estimate of drug-likeness (QED) is 0.932. The molecule has 20 heavy (non-hydrogen) atoms. The van der Waals surface area contributed by atoms with Gasteiger partial charge in [0.25, 0.3) is 0 Å². The topological polar surface area (TPSA) is 55.6 Å². The zero-order valence-electron chi connectivity index (χ0n) is 12.3. The van der Waals surface area contributed by atoms with E-state index in [1.807, 2.05) is 0 Å².